The van der Waals surface area contributed by atoms with Crippen molar-refractivity contribution in [3.63, 3.8) is 0 Å². The van der Waals surface area contributed by atoms with Crippen molar-refractivity contribution < 1.29 is 23.8 Å². The molecule has 3 aromatic carbocycles. The number of methoxy groups -OCH3 is 1. The van der Waals surface area contributed by atoms with Crippen LogP contribution in [-0.2, 0) is 15.2 Å². The van der Waals surface area contributed by atoms with Gasteiger partial charge in [-0.1, -0.05) is 30.3 Å². The molecule has 1 aliphatic rings. The van der Waals surface area contributed by atoms with Crippen LogP contribution in [0.4, 0.5) is 15.8 Å². The molecular formula is C23H19FN2O4. The van der Waals surface area contributed by atoms with E-state index < -0.39 is 23.2 Å². The summed E-state index contributed by atoms with van der Waals surface area (Å²) in [6, 6.07) is 18.7. The van der Waals surface area contributed by atoms with Crippen molar-refractivity contribution in [1.82, 2.24) is 0 Å². The predicted octanol–water partition coefficient (Wildman–Crippen LogP) is 3.06. The minimum atomic E-state index is -2.07. The van der Waals surface area contributed by atoms with Crippen molar-refractivity contribution in [3.8, 4) is 5.75 Å². The van der Waals surface area contributed by atoms with Crippen LogP contribution < -0.4 is 15.0 Å². The van der Waals surface area contributed by atoms with E-state index in [1.54, 1.807) is 55.6 Å². The van der Waals surface area contributed by atoms with Gasteiger partial charge in [0.25, 0.3) is 5.91 Å². The molecule has 3 aromatic rings. The van der Waals surface area contributed by atoms with Gasteiger partial charge in [0.05, 0.1) is 12.8 Å². The molecule has 152 valence electrons. The second-order valence-electron chi connectivity index (χ2n) is 6.91. The van der Waals surface area contributed by atoms with Gasteiger partial charge in [0.1, 0.15) is 18.1 Å². The zero-order valence-electron chi connectivity index (χ0n) is 16.1. The molecule has 1 heterocycles. The van der Waals surface area contributed by atoms with Crippen LogP contribution in [0.1, 0.15) is 11.1 Å². The molecule has 0 aliphatic carbocycles. The Hall–Kier alpha value is -3.71. The van der Waals surface area contributed by atoms with E-state index in [1.165, 1.54) is 23.1 Å². The highest BCUT2D eigenvalue weighted by Gasteiger charge is 2.51. The summed E-state index contributed by atoms with van der Waals surface area (Å²) < 4.78 is 18.9. The molecule has 6 nitrogen and oxygen atoms in total. The summed E-state index contributed by atoms with van der Waals surface area (Å²) in [7, 11) is 1.55. The van der Waals surface area contributed by atoms with E-state index in [0.717, 1.165) is 6.07 Å². The van der Waals surface area contributed by atoms with Gasteiger partial charge in [-0.05, 0) is 42.5 Å². The van der Waals surface area contributed by atoms with Crippen molar-refractivity contribution >= 4 is 23.2 Å². The molecule has 1 atom stereocenters. The molecule has 0 saturated carbocycles. The third-order valence-electron chi connectivity index (χ3n) is 5.06. The minimum Gasteiger partial charge on any atom is -0.497 e. The highest BCUT2D eigenvalue weighted by atomic mass is 19.1. The molecule has 30 heavy (non-hydrogen) atoms. The maximum absolute atomic E-state index is 13.8. The summed E-state index contributed by atoms with van der Waals surface area (Å²) in [6.45, 7) is -0.306. The molecule has 0 unspecified atom stereocenters. The quantitative estimate of drug-likeness (QED) is 0.683. The molecule has 0 aromatic heterocycles. The molecule has 1 aliphatic heterocycles. The molecule has 0 fully saturated rings. The second-order valence-corrected chi connectivity index (χ2v) is 6.91. The summed E-state index contributed by atoms with van der Waals surface area (Å²) in [6.07, 6.45) is 0. The Morgan fingerprint density at radius 2 is 1.83 bits per heavy atom. The highest BCUT2D eigenvalue weighted by Crippen LogP contribution is 2.44. The first-order chi connectivity index (χ1) is 14.4. The smallest absolute Gasteiger partial charge is 0.268 e. The van der Waals surface area contributed by atoms with E-state index in [9.17, 15) is 19.1 Å². The van der Waals surface area contributed by atoms with Crippen LogP contribution in [-0.4, -0.2) is 30.6 Å². The topological polar surface area (TPSA) is 78.9 Å². The normalized spacial score (nSPS) is 17.6. The van der Waals surface area contributed by atoms with E-state index in [-0.39, 0.29) is 12.1 Å². The van der Waals surface area contributed by atoms with Gasteiger partial charge in [0, 0.05) is 16.8 Å². The van der Waals surface area contributed by atoms with Gasteiger partial charge in [0.15, 0.2) is 5.60 Å². The average Bonchev–Trinajstić information content (AvgIpc) is 2.97. The first-order valence-electron chi connectivity index (χ1n) is 9.27. The largest absolute Gasteiger partial charge is 0.497 e. The molecule has 7 heteroatoms. The number of carbonyl (C=O) groups excluding carboxylic acids is 2. The fraction of sp³-hybridized carbons (Fsp3) is 0.130. The lowest BCUT2D eigenvalue weighted by molar-refractivity contribution is -0.133. The lowest BCUT2D eigenvalue weighted by Gasteiger charge is -2.23. The molecule has 2 N–H and O–H groups in total. The van der Waals surface area contributed by atoms with Crippen LogP contribution in [0, 0.1) is 5.82 Å². The van der Waals surface area contributed by atoms with Crippen molar-refractivity contribution in [3.05, 3.63) is 89.7 Å². The third kappa shape index (κ3) is 3.29. The van der Waals surface area contributed by atoms with Crippen LogP contribution >= 0.6 is 0 Å². The molecule has 0 radical (unpaired) electrons. The summed E-state index contributed by atoms with van der Waals surface area (Å²) >= 11 is 0. The fourth-order valence-electron chi connectivity index (χ4n) is 3.60. The van der Waals surface area contributed by atoms with E-state index in [0.29, 0.717) is 22.7 Å². The molecule has 2 amide bonds. The van der Waals surface area contributed by atoms with Gasteiger partial charge in [-0.15, -0.1) is 0 Å². The first kappa shape index (κ1) is 19.6. The number of hydrogen-bond acceptors (Lipinski definition) is 4. The second kappa shape index (κ2) is 7.61. The monoisotopic (exact) mass is 406 g/mol. The summed E-state index contributed by atoms with van der Waals surface area (Å²) in [5.74, 6) is -1.07. The van der Waals surface area contributed by atoms with Crippen LogP contribution in [0.25, 0.3) is 0 Å². The van der Waals surface area contributed by atoms with Crippen LogP contribution in [0.15, 0.2) is 72.8 Å². The summed E-state index contributed by atoms with van der Waals surface area (Å²) in [5.41, 5.74) is -0.713. The minimum absolute atomic E-state index is 0.109. The Kier molecular flexibility index (Phi) is 4.97. The Morgan fingerprint density at radius 1 is 1.10 bits per heavy atom. The fourth-order valence-corrected chi connectivity index (χ4v) is 3.60. The number of ether oxygens (including phenoxy) is 1. The number of anilines is 2. The molecule has 0 spiro atoms. The predicted molar refractivity (Wildman–Crippen MR) is 110 cm³/mol. The maximum Gasteiger partial charge on any atom is 0.268 e. The van der Waals surface area contributed by atoms with Gasteiger partial charge in [0.2, 0.25) is 5.91 Å². The van der Waals surface area contributed by atoms with Gasteiger partial charge in [-0.3, -0.25) is 14.5 Å². The van der Waals surface area contributed by atoms with E-state index in [2.05, 4.69) is 5.32 Å². The molecule has 4 rings (SSSR count). The Balaban J connectivity index is 1.62. The number of nitrogens with zero attached hydrogens (tertiary/aromatic N) is 1. The third-order valence-corrected chi connectivity index (χ3v) is 5.06. The van der Waals surface area contributed by atoms with E-state index >= 15 is 0 Å². The summed E-state index contributed by atoms with van der Waals surface area (Å²) in [4.78, 5) is 27.0. The Labute approximate surface area is 172 Å². The number of halogens is 1. The zero-order chi connectivity index (χ0) is 21.3. The Morgan fingerprint density at radius 3 is 2.53 bits per heavy atom. The SMILES string of the molecule is COc1ccc(NC(=O)CN2C(=O)[C@](O)(c3cccc(F)c3)c3ccccc32)cc1. The van der Waals surface area contributed by atoms with Crippen LogP contribution in [0.5, 0.6) is 5.75 Å². The first-order valence-corrected chi connectivity index (χ1v) is 9.27. The zero-order valence-corrected chi connectivity index (χ0v) is 16.1. The number of benzene rings is 3. The van der Waals surface area contributed by atoms with Crippen LogP contribution in [0.2, 0.25) is 0 Å². The maximum atomic E-state index is 13.8. The molecule has 0 bridgehead atoms. The number of para-hydroxylation sites is 1. The number of fused-ring (bicyclic) bond motifs is 1. The Bertz CT molecular complexity index is 1120. The van der Waals surface area contributed by atoms with E-state index in [1.807, 2.05) is 0 Å². The van der Waals surface area contributed by atoms with E-state index in [4.69, 9.17) is 4.74 Å². The van der Waals surface area contributed by atoms with Crippen molar-refractivity contribution in [2.75, 3.05) is 23.9 Å². The van der Waals surface area contributed by atoms with Gasteiger partial charge in [-0.2, -0.15) is 0 Å². The van der Waals surface area contributed by atoms with Crippen LogP contribution in [0.3, 0.4) is 0 Å². The number of carbonyl (C=O) groups is 2. The lowest BCUT2D eigenvalue weighted by Crippen LogP contribution is -2.44. The average molecular weight is 406 g/mol. The molecule has 0 saturated heterocycles. The van der Waals surface area contributed by atoms with Gasteiger partial charge >= 0.3 is 0 Å². The van der Waals surface area contributed by atoms with Crippen molar-refractivity contribution in [1.29, 1.82) is 0 Å². The lowest BCUT2D eigenvalue weighted by atomic mass is 9.87. The van der Waals surface area contributed by atoms with Gasteiger partial charge < -0.3 is 15.2 Å². The number of amides is 2. The number of hydrogen-bond donors (Lipinski definition) is 2. The standard InChI is InChI=1S/C23H19FN2O4/c1-30-18-11-9-17(10-12-18)25-21(27)14-26-20-8-3-2-7-19(20)23(29,22(26)28)15-5-4-6-16(24)13-15/h2-13,29H,14H2,1H3,(H,25,27)/t23-/m0/s1. The van der Waals surface area contributed by atoms with Gasteiger partial charge in [-0.25, -0.2) is 4.39 Å². The summed E-state index contributed by atoms with van der Waals surface area (Å²) in [5, 5.41) is 14.1. The highest BCUT2D eigenvalue weighted by molar-refractivity contribution is 6.12. The molecular weight excluding hydrogens is 387 g/mol. The van der Waals surface area contributed by atoms with Crippen molar-refractivity contribution in [2.24, 2.45) is 0 Å². The number of nitrogens with one attached hydrogen (secondary N) is 1. The number of aliphatic hydroxyl groups is 1. The number of rotatable bonds is 5. The van der Waals surface area contributed by atoms with Crippen molar-refractivity contribution in [2.45, 2.75) is 5.60 Å².